The summed E-state index contributed by atoms with van der Waals surface area (Å²) in [6.45, 7) is 21.3. The van der Waals surface area contributed by atoms with Crippen LogP contribution in [0.3, 0.4) is 0 Å². The van der Waals surface area contributed by atoms with Gasteiger partial charge in [0.05, 0.1) is 17.9 Å². The van der Waals surface area contributed by atoms with Crippen molar-refractivity contribution in [2.75, 3.05) is 59.5 Å². The van der Waals surface area contributed by atoms with Crippen molar-refractivity contribution in [1.82, 2.24) is 30.7 Å². The van der Waals surface area contributed by atoms with E-state index in [9.17, 15) is 20.1 Å². The topological polar surface area (TPSA) is 142 Å². The Balaban J connectivity index is 1.56. The van der Waals surface area contributed by atoms with E-state index in [1.807, 2.05) is 20.8 Å². The van der Waals surface area contributed by atoms with Gasteiger partial charge in [-0.15, -0.1) is 0 Å². The molecular formula is C39H76N6O6. The number of aliphatic hydroxyl groups is 3. The van der Waals surface area contributed by atoms with Gasteiger partial charge in [-0.25, -0.2) is 4.79 Å². The number of hydrogen-bond donors (Lipinski definition) is 6. The first-order valence-electron chi connectivity index (χ1n) is 20.2. The van der Waals surface area contributed by atoms with Crippen molar-refractivity contribution >= 4 is 6.09 Å². The minimum atomic E-state index is -0.810. The predicted molar refractivity (Wildman–Crippen MR) is 202 cm³/mol. The molecular weight excluding hydrogens is 648 g/mol. The number of nitrogens with zero attached hydrogens (tertiary/aromatic N) is 3. The molecule has 3 saturated heterocycles. The number of methoxy groups -OCH3 is 1. The van der Waals surface area contributed by atoms with E-state index in [0.717, 1.165) is 25.8 Å². The van der Waals surface area contributed by atoms with E-state index >= 15 is 0 Å². The SMILES string of the molecule is COCCCNC1N[C@H](C(C)(C)C)NCC1C(O)N(CC(C)C)[C@H]1C[C@@H](C(O)N2CCC(O)(C3CCCCC3)CC2)CN(C(=O)OC(C)(C)C)C1. The van der Waals surface area contributed by atoms with E-state index in [1.165, 1.54) is 19.3 Å². The summed E-state index contributed by atoms with van der Waals surface area (Å²) in [5.74, 6) is 0.193. The zero-order valence-electron chi connectivity index (χ0n) is 33.6. The fourth-order valence-corrected chi connectivity index (χ4v) is 8.96. The summed E-state index contributed by atoms with van der Waals surface area (Å²) in [7, 11) is 1.71. The Kier molecular flexibility index (Phi) is 15.5. The van der Waals surface area contributed by atoms with Crippen LogP contribution >= 0.6 is 0 Å². The molecule has 0 radical (unpaired) electrons. The van der Waals surface area contributed by atoms with Crippen molar-refractivity contribution in [3.8, 4) is 0 Å². The molecule has 4 rings (SSSR count). The zero-order chi connectivity index (χ0) is 37.6. The van der Waals surface area contributed by atoms with Gasteiger partial charge in [-0.05, 0) is 83.1 Å². The Bertz CT molecular complexity index is 1050. The van der Waals surface area contributed by atoms with Crippen LogP contribution in [0.2, 0.25) is 0 Å². The standard InChI is InChI=1S/C39H76N6O6/c1-27(2)24-45(34(47)31-23-41-35(37(3,4)5)42-32(31)40-18-13-21-50-9)30-22-28(25-44(26-30)36(48)51-38(6,7)8)33(46)43-19-16-39(49,17-20-43)29-14-11-10-12-15-29/h27-35,40-42,46-47,49H,10-26H2,1-9H3/t28-,30+,31?,32?,33?,34?,35-/m1/s1. The molecule has 0 spiro atoms. The number of nitrogens with one attached hydrogen (secondary N) is 3. The lowest BCUT2D eigenvalue weighted by molar-refractivity contribution is -0.142. The number of ether oxygens (including phenoxy) is 2. The molecule has 51 heavy (non-hydrogen) atoms. The van der Waals surface area contributed by atoms with Gasteiger partial charge in [0, 0.05) is 70.9 Å². The van der Waals surface area contributed by atoms with Crippen LogP contribution in [0.1, 0.15) is 113 Å². The second-order valence-electron chi connectivity index (χ2n) is 18.7. The van der Waals surface area contributed by atoms with Crippen LogP contribution in [0.4, 0.5) is 4.79 Å². The normalized spacial score (nSPS) is 30.1. The number of likely N-dealkylation sites (tertiary alicyclic amines) is 2. The van der Waals surface area contributed by atoms with Gasteiger partial charge in [0.25, 0.3) is 0 Å². The van der Waals surface area contributed by atoms with E-state index in [1.54, 1.807) is 12.0 Å². The van der Waals surface area contributed by atoms with Crippen molar-refractivity contribution in [3.05, 3.63) is 0 Å². The minimum Gasteiger partial charge on any atom is -0.444 e. The number of aliphatic hydroxyl groups excluding tert-OH is 2. The highest BCUT2D eigenvalue weighted by Gasteiger charge is 2.47. The molecule has 7 atom stereocenters. The Hall–Kier alpha value is -1.09. The maximum absolute atomic E-state index is 13.7. The number of piperidine rings is 2. The molecule has 3 aliphatic heterocycles. The summed E-state index contributed by atoms with van der Waals surface area (Å²) in [4.78, 5) is 19.7. The quantitative estimate of drug-likeness (QED) is 0.122. The van der Waals surface area contributed by atoms with Crippen molar-refractivity contribution in [2.24, 2.45) is 29.1 Å². The molecule has 1 saturated carbocycles. The lowest BCUT2D eigenvalue weighted by Crippen LogP contribution is -2.71. The minimum absolute atomic E-state index is 0.0266. The van der Waals surface area contributed by atoms with Gasteiger partial charge in [0.1, 0.15) is 18.1 Å². The van der Waals surface area contributed by atoms with Crippen LogP contribution in [0.5, 0.6) is 0 Å². The maximum Gasteiger partial charge on any atom is 0.410 e. The van der Waals surface area contributed by atoms with Gasteiger partial charge in [-0.1, -0.05) is 53.9 Å². The van der Waals surface area contributed by atoms with Crippen LogP contribution in [0.15, 0.2) is 0 Å². The molecule has 0 bridgehead atoms. The van der Waals surface area contributed by atoms with E-state index < -0.39 is 23.7 Å². The van der Waals surface area contributed by atoms with Crippen LogP contribution in [0.25, 0.3) is 0 Å². The first-order chi connectivity index (χ1) is 23.9. The van der Waals surface area contributed by atoms with E-state index in [4.69, 9.17) is 9.47 Å². The molecule has 4 aliphatic rings. The van der Waals surface area contributed by atoms with Gasteiger partial charge in [0.15, 0.2) is 0 Å². The van der Waals surface area contributed by atoms with Crippen molar-refractivity contribution in [2.45, 2.75) is 155 Å². The van der Waals surface area contributed by atoms with Crippen molar-refractivity contribution in [1.29, 1.82) is 0 Å². The molecule has 0 aromatic heterocycles. The van der Waals surface area contributed by atoms with Crippen LogP contribution in [-0.2, 0) is 9.47 Å². The summed E-state index contributed by atoms with van der Waals surface area (Å²) in [6, 6.07) is -0.193. The molecule has 0 aromatic carbocycles. The summed E-state index contributed by atoms with van der Waals surface area (Å²) in [5, 5.41) is 47.2. The highest BCUT2D eigenvalue weighted by atomic mass is 16.6. The van der Waals surface area contributed by atoms with Crippen LogP contribution in [-0.4, -0.2) is 138 Å². The second kappa shape index (κ2) is 18.5. The number of hydrogen-bond acceptors (Lipinski definition) is 11. The first-order valence-corrected chi connectivity index (χ1v) is 20.2. The van der Waals surface area contributed by atoms with Crippen LogP contribution < -0.4 is 16.0 Å². The molecule has 1 amide bonds. The molecule has 3 heterocycles. The number of amides is 1. The third kappa shape index (κ3) is 11.9. The largest absolute Gasteiger partial charge is 0.444 e. The molecule has 12 heteroatoms. The Morgan fingerprint density at radius 3 is 2.29 bits per heavy atom. The molecule has 4 fully saturated rings. The molecule has 12 nitrogen and oxygen atoms in total. The average molecular weight is 725 g/mol. The van der Waals surface area contributed by atoms with Gasteiger partial charge >= 0.3 is 6.09 Å². The van der Waals surface area contributed by atoms with Gasteiger partial charge in [-0.2, -0.15) is 0 Å². The zero-order valence-corrected chi connectivity index (χ0v) is 33.6. The van der Waals surface area contributed by atoms with Gasteiger partial charge in [0.2, 0.25) is 0 Å². The third-order valence-corrected chi connectivity index (χ3v) is 11.8. The molecule has 0 aromatic rings. The number of carbonyl (C=O) groups is 1. The second-order valence-corrected chi connectivity index (χ2v) is 18.7. The lowest BCUT2D eigenvalue weighted by atomic mass is 9.72. The highest BCUT2D eigenvalue weighted by molar-refractivity contribution is 5.68. The average Bonchev–Trinajstić information content (AvgIpc) is 3.07. The summed E-state index contributed by atoms with van der Waals surface area (Å²) in [5.41, 5.74) is -1.34. The van der Waals surface area contributed by atoms with Crippen molar-refractivity contribution < 1.29 is 29.6 Å². The monoisotopic (exact) mass is 725 g/mol. The summed E-state index contributed by atoms with van der Waals surface area (Å²) < 4.78 is 11.2. The highest BCUT2D eigenvalue weighted by Crippen LogP contribution is 2.40. The number of carbonyl (C=O) groups excluding carboxylic acids is 1. The first kappa shape index (κ1) is 42.6. The molecule has 4 unspecified atom stereocenters. The third-order valence-electron chi connectivity index (χ3n) is 11.8. The Morgan fingerprint density at radius 2 is 1.71 bits per heavy atom. The number of rotatable bonds is 13. The maximum atomic E-state index is 13.7. The summed E-state index contributed by atoms with van der Waals surface area (Å²) in [6.07, 6.45) is 6.61. The summed E-state index contributed by atoms with van der Waals surface area (Å²) >= 11 is 0. The Labute approximate surface area is 309 Å². The fraction of sp³-hybridized carbons (Fsp3) is 0.974. The smallest absolute Gasteiger partial charge is 0.410 e. The van der Waals surface area contributed by atoms with Crippen LogP contribution in [0, 0.1) is 29.1 Å². The van der Waals surface area contributed by atoms with E-state index in [2.05, 4.69) is 60.4 Å². The van der Waals surface area contributed by atoms with E-state index in [-0.39, 0.29) is 47.6 Å². The van der Waals surface area contributed by atoms with Crippen molar-refractivity contribution in [3.63, 3.8) is 0 Å². The van der Waals surface area contributed by atoms with E-state index in [0.29, 0.717) is 71.1 Å². The van der Waals surface area contributed by atoms with Gasteiger partial charge in [-0.3, -0.25) is 15.1 Å². The molecule has 6 N–H and O–H groups in total. The molecule has 298 valence electrons. The fourth-order valence-electron chi connectivity index (χ4n) is 8.96. The van der Waals surface area contributed by atoms with Gasteiger partial charge < -0.3 is 40.3 Å². The predicted octanol–water partition coefficient (Wildman–Crippen LogP) is 3.75. The lowest BCUT2D eigenvalue weighted by Gasteiger charge is -2.51. The molecule has 1 aliphatic carbocycles. The Morgan fingerprint density at radius 1 is 1.04 bits per heavy atom.